The van der Waals surface area contributed by atoms with Crippen molar-refractivity contribution in [3.8, 4) is 6.07 Å². The SMILES string of the molecule is Cc1noc(C)c1S(=O)(=O)N1CCCCC(Nc2cccc(C#N)n2)C1. The molecule has 9 heteroatoms. The van der Waals surface area contributed by atoms with Crippen molar-refractivity contribution in [3.05, 3.63) is 35.3 Å². The maximum atomic E-state index is 13.1. The summed E-state index contributed by atoms with van der Waals surface area (Å²) >= 11 is 0. The molecule has 0 aromatic carbocycles. The third kappa shape index (κ3) is 3.71. The minimum Gasteiger partial charge on any atom is -0.366 e. The molecule has 1 fully saturated rings. The normalized spacial score (nSPS) is 18.9. The number of hydrogen-bond acceptors (Lipinski definition) is 7. The molecule has 0 saturated carbocycles. The lowest BCUT2D eigenvalue weighted by Gasteiger charge is -2.24. The Kier molecular flexibility index (Phi) is 5.25. The monoisotopic (exact) mass is 375 g/mol. The molecular weight excluding hydrogens is 354 g/mol. The lowest BCUT2D eigenvalue weighted by molar-refractivity contribution is 0.387. The Hall–Kier alpha value is -2.44. The Morgan fingerprint density at radius 2 is 2.15 bits per heavy atom. The third-order valence-electron chi connectivity index (χ3n) is 4.42. The maximum Gasteiger partial charge on any atom is 0.248 e. The van der Waals surface area contributed by atoms with Gasteiger partial charge in [0.2, 0.25) is 10.0 Å². The Morgan fingerprint density at radius 1 is 1.35 bits per heavy atom. The van der Waals surface area contributed by atoms with Gasteiger partial charge in [-0.15, -0.1) is 0 Å². The van der Waals surface area contributed by atoms with Crippen LogP contribution in [0.1, 0.15) is 36.4 Å². The van der Waals surface area contributed by atoms with Crippen LogP contribution in [0.2, 0.25) is 0 Å². The molecule has 1 N–H and O–H groups in total. The highest BCUT2D eigenvalue weighted by molar-refractivity contribution is 7.89. The number of nitrogens with one attached hydrogen (secondary N) is 1. The maximum absolute atomic E-state index is 13.1. The van der Waals surface area contributed by atoms with Gasteiger partial charge in [0, 0.05) is 19.1 Å². The fraction of sp³-hybridized carbons (Fsp3) is 0.471. The van der Waals surface area contributed by atoms with Gasteiger partial charge in [0.15, 0.2) is 5.76 Å². The van der Waals surface area contributed by atoms with Crippen LogP contribution in [0.15, 0.2) is 27.6 Å². The van der Waals surface area contributed by atoms with Gasteiger partial charge in [-0.05, 0) is 38.8 Å². The fourth-order valence-corrected chi connectivity index (χ4v) is 5.02. The number of pyridine rings is 1. The minimum atomic E-state index is -3.68. The molecule has 0 spiro atoms. The van der Waals surface area contributed by atoms with Crippen molar-refractivity contribution >= 4 is 15.8 Å². The number of nitrogens with zero attached hydrogens (tertiary/aromatic N) is 4. The standard InChI is InChI=1S/C17H21N5O3S/c1-12-17(13(2)25-21-12)26(23,24)22-9-4-3-6-15(11-22)20-16-8-5-7-14(10-18)19-16/h5,7-8,15H,3-4,6,9,11H2,1-2H3,(H,19,20). The molecule has 1 aliphatic rings. The van der Waals surface area contributed by atoms with Crippen molar-refractivity contribution < 1.29 is 12.9 Å². The smallest absolute Gasteiger partial charge is 0.248 e. The van der Waals surface area contributed by atoms with Crippen molar-refractivity contribution in [2.45, 2.75) is 44.0 Å². The van der Waals surface area contributed by atoms with Crippen molar-refractivity contribution in [1.82, 2.24) is 14.4 Å². The summed E-state index contributed by atoms with van der Waals surface area (Å²) in [5.74, 6) is 0.880. The molecule has 0 radical (unpaired) electrons. The van der Waals surface area contributed by atoms with E-state index in [9.17, 15) is 8.42 Å². The molecule has 0 amide bonds. The second-order valence-corrected chi connectivity index (χ2v) is 8.25. The highest BCUT2D eigenvalue weighted by Gasteiger charge is 2.33. The van der Waals surface area contributed by atoms with Gasteiger partial charge in [0.25, 0.3) is 0 Å². The largest absolute Gasteiger partial charge is 0.366 e. The topological polar surface area (TPSA) is 112 Å². The Morgan fingerprint density at radius 3 is 2.85 bits per heavy atom. The van der Waals surface area contributed by atoms with E-state index in [2.05, 4.69) is 15.5 Å². The fourth-order valence-electron chi connectivity index (χ4n) is 3.20. The van der Waals surface area contributed by atoms with Crippen molar-refractivity contribution in [2.24, 2.45) is 0 Å². The van der Waals surface area contributed by atoms with Crippen LogP contribution in [0.5, 0.6) is 0 Å². The van der Waals surface area contributed by atoms with Crippen LogP contribution in [0.3, 0.4) is 0 Å². The number of anilines is 1. The Bertz CT molecular complexity index is 913. The molecule has 2 aromatic rings. The van der Waals surface area contributed by atoms with E-state index in [-0.39, 0.29) is 10.9 Å². The average Bonchev–Trinajstić information content (AvgIpc) is 2.82. The van der Waals surface area contributed by atoms with Crippen molar-refractivity contribution in [1.29, 1.82) is 5.26 Å². The van der Waals surface area contributed by atoms with Crippen LogP contribution < -0.4 is 5.32 Å². The number of aromatic nitrogens is 2. The predicted molar refractivity (Wildman–Crippen MR) is 94.9 cm³/mol. The second kappa shape index (κ2) is 7.43. The molecule has 138 valence electrons. The highest BCUT2D eigenvalue weighted by atomic mass is 32.2. The third-order valence-corrected chi connectivity index (χ3v) is 6.53. The van der Waals surface area contributed by atoms with Crippen molar-refractivity contribution in [3.63, 3.8) is 0 Å². The van der Waals surface area contributed by atoms with E-state index in [1.165, 1.54) is 4.31 Å². The van der Waals surface area contributed by atoms with E-state index in [1.807, 2.05) is 6.07 Å². The molecule has 1 saturated heterocycles. The van der Waals surface area contributed by atoms with Crippen LogP contribution in [-0.2, 0) is 10.0 Å². The van der Waals surface area contributed by atoms with Gasteiger partial charge in [-0.3, -0.25) is 0 Å². The van der Waals surface area contributed by atoms with E-state index in [0.29, 0.717) is 36.1 Å². The van der Waals surface area contributed by atoms with E-state index in [1.54, 1.807) is 32.0 Å². The summed E-state index contributed by atoms with van der Waals surface area (Å²) < 4.78 is 32.7. The highest BCUT2D eigenvalue weighted by Crippen LogP contribution is 2.26. The van der Waals surface area contributed by atoms with Gasteiger partial charge < -0.3 is 9.84 Å². The molecular formula is C17H21N5O3S. The average molecular weight is 375 g/mol. The first-order chi connectivity index (χ1) is 12.4. The van der Waals surface area contributed by atoms with Crippen LogP contribution in [-0.4, -0.2) is 42.0 Å². The van der Waals surface area contributed by atoms with Crippen molar-refractivity contribution in [2.75, 3.05) is 18.4 Å². The van der Waals surface area contributed by atoms with Crippen LogP contribution in [0, 0.1) is 25.2 Å². The van der Waals surface area contributed by atoms with Gasteiger partial charge in [-0.1, -0.05) is 17.6 Å². The van der Waals surface area contributed by atoms with Gasteiger partial charge in [-0.2, -0.15) is 9.57 Å². The first-order valence-electron chi connectivity index (χ1n) is 8.48. The van der Waals surface area contributed by atoms with Crippen LogP contribution >= 0.6 is 0 Å². The summed E-state index contributed by atoms with van der Waals surface area (Å²) in [5, 5.41) is 16.0. The summed E-state index contributed by atoms with van der Waals surface area (Å²) in [6, 6.07) is 7.08. The van der Waals surface area contributed by atoms with E-state index in [0.717, 1.165) is 19.3 Å². The molecule has 1 aliphatic heterocycles. The molecule has 1 unspecified atom stereocenters. The molecule has 2 aromatic heterocycles. The summed E-state index contributed by atoms with van der Waals surface area (Å²) in [7, 11) is -3.68. The zero-order valence-electron chi connectivity index (χ0n) is 14.8. The van der Waals surface area contributed by atoms with E-state index in [4.69, 9.17) is 9.78 Å². The summed E-state index contributed by atoms with van der Waals surface area (Å²) in [6.07, 6.45) is 2.52. The van der Waals surface area contributed by atoms with E-state index >= 15 is 0 Å². The van der Waals surface area contributed by atoms with E-state index < -0.39 is 10.0 Å². The van der Waals surface area contributed by atoms with Gasteiger partial charge in [0.1, 0.15) is 28.2 Å². The molecule has 0 bridgehead atoms. The molecule has 3 rings (SSSR count). The molecule has 1 atom stereocenters. The summed E-state index contributed by atoms with van der Waals surface area (Å²) in [4.78, 5) is 4.37. The number of aryl methyl sites for hydroxylation is 2. The first-order valence-corrected chi connectivity index (χ1v) is 9.92. The predicted octanol–water partition coefficient (Wildman–Crippen LogP) is 2.21. The van der Waals surface area contributed by atoms with Crippen LogP contribution in [0.4, 0.5) is 5.82 Å². The zero-order chi connectivity index (χ0) is 18.7. The number of nitriles is 1. The molecule has 0 aliphatic carbocycles. The number of sulfonamides is 1. The second-order valence-electron chi connectivity index (χ2n) is 6.37. The lowest BCUT2D eigenvalue weighted by Crippen LogP contribution is -2.39. The Labute approximate surface area is 152 Å². The summed E-state index contributed by atoms with van der Waals surface area (Å²) in [6.45, 7) is 4.02. The van der Waals surface area contributed by atoms with Crippen LogP contribution in [0.25, 0.3) is 0 Å². The van der Waals surface area contributed by atoms with Gasteiger partial charge >= 0.3 is 0 Å². The quantitative estimate of drug-likeness (QED) is 0.872. The summed E-state index contributed by atoms with van der Waals surface area (Å²) in [5.41, 5.74) is 0.698. The number of rotatable bonds is 4. The molecule has 26 heavy (non-hydrogen) atoms. The number of hydrogen-bond donors (Lipinski definition) is 1. The first kappa shape index (κ1) is 18.4. The zero-order valence-corrected chi connectivity index (χ0v) is 15.6. The molecule has 8 nitrogen and oxygen atoms in total. The lowest BCUT2D eigenvalue weighted by atomic mass is 10.1. The molecule has 3 heterocycles. The van der Waals surface area contributed by atoms with Gasteiger partial charge in [-0.25, -0.2) is 13.4 Å². The minimum absolute atomic E-state index is 0.0887. The Balaban J connectivity index is 1.82. The van der Waals surface area contributed by atoms with Gasteiger partial charge in [0.05, 0.1) is 0 Å².